The number of hydrogen-bond acceptors (Lipinski definition) is 2. The zero-order valence-corrected chi connectivity index (χ0v) is 6.39. The molecule has 0 fully saturated rings. The van der Waals surface area contributed by atoms with Crippen molar-refractivity contribution in [3.63, 3.8) is 0 Å². The molecule has 56 valence electrons. The van der Waals surface area contributed by atoms with Crippen molar-refractivity contribution in [3.05, 3.63) is 22.4 Å². The van der Waals surface area contributed by atoms with E-state index in [2.05, 4.69) is 29.5 Å². The number of carbonyl (C=O) groups is 1. The maximum Gasteiger partial charge on any atom is 0.402 e. The van der Waals surface area contributed by atoms with E-state index in [0.29, 0.717) is 0 Å². The maximum atomic E-state index is 8.78. The van der Waals surface area contributed by atoms with Gasteiger partial charge in [0.2, 0.25) is 0 Å². The number of aryl methyl sites for hydroxylation is 1. The number of nitrogens with two attached hydrogens (primary N) is 1. The summed E-state index contributed by atoms with van der Waals surface area (Å²) in [5.41, 5.74) is 5.39. The minimum Gasteiger partial charge on any atom is -0.465 e. The molecule has 0 aliphatic rings. The van der Waals surface area contributed by atoms with E-state index in [1.807, 2.05) is 0 Å². The quantitative estimate of drug-likeness (QED) is 0.605. The monoisotopic (exact) mass is 159 g/mol. The van der Waals surface area contributed by atoms with Gasteiger partial charge in [-0.25, -0.2) is 4.79 Å². The molecule has 0 saturated heterocycles. The van der Waals surface area contributed by atoms with Gasteiger partial charge in [0.1, 0.15) is 0 Å². The van der Waals surface area contributed by atoms with Crippen LogP contribution < -0.4 is 5.73 Å². The van der Waals surface area contributed by atoms with E-state index in [9.17, 15) is 0 Å². The number of thiophene rings is 1. The van der Waals surface area contributed by atoms with Crippen molar-refractivity contribution >= 4 is 17.4 Å². The molecule has 0 unspecified atom stereocenters. The van der Waals surface area contributed by atoms with Crippen molar-refractivity contribution in [2.45, 2.75) is 6.92 Å². The van der Waals surface area contributed by atoms with E-state index in [4.69, 9.17) is 9.90 Å². The van der Waals surface area contributed by atoms with Crippen LogP contribution in [0.2, 0.25) is 0 Å². The minimum atomic E-state index is -1.33. The molecule has 10 heavy (non-hydrogen) atoms. The van der Waals surface area contributed by atoms with Crippen molar-refractivity contribution < 1.29 is 9.90 Å². The molecule has 0 atom stereocenters. The summed E-state index contributed by atoms with van der Waals surface area (Å²) in [6, 6.07) is 2.10. The molecule has 0 spiro atoms. The van der Waals surface area contributed by atoms with Gasteiger partial charge in [0.05, 0.1) is 0 Å². The Bertz CT molecular complexity index is 180. The van der Waals surface area contributed by atoms with Gasteiger partial charge in [-0.1, -0.05) is 0 Å². The van der Waals surface area contributed by atoms with E-state index < -0.39 is 6.09 Å². The molecule has 0 radical (unpaired) electrons. The van der Waals surface area contributed by atoms with E-state index >= 15 is 0 Å². The highest BCUT2D eigenvalue weighted by molar-refractivity contribution is 7.07. The Morgan fingerprint density at radius 3 is 2.40 bits per heavy atom. The Morgan fingerprint density at radius 2 is 2.30 bits per heavy atom. The van der Waals surface area contributed by atoms with Crippen molar-refractivity contribution in [2.75, 3.05) is 0 Å². The number of carboxylic acid groups (broad SMARTS) is 1. The summed E-state index contributed by atoms with van der Waals surface area (Å²) in [6.07, 6.45) is -1.33. The number of primary amides is 1. The zero-order chi connectivity index (χ0) is 7.98. The third-order valence-electron chi connectivity index (χ3n) is 0.663. The third kappa shape index (κ3) is 6.97. The summed E-state index contributed by atoms with van der Waals surface area (Å²) in [5.74, 6) is 0. The molecule has 1 rings (SSSR count). The number of hydrogen-bond donors (Lipinski definition) is 2. The Kier molecular flexibility index (Phi) is 4.32. The summed E-state index contributed by atoms with van der Waals surface area (Å²) in [6.45, 7) is 2.09. The summed E-state index contributed by atoms with van der Waals surface area (Å²) >= 11 is 1.74. The summed E-state index contributed by atoms with van der Waals surface area (Å²) < 4.78 is 0. The van der Waals surface area contributed by atoms with Crippen LogP contribution in [0, 0.1) is 6.92 Å². The highest BCUT2D eigenvalue weighted by atomic mass is 32.1. The molecular formula is C6H9NO2S. The fourth-order valence-corrected chi connectivity index (χ4v) is 0.998. The summed E-state index contributed by atoms with van der Waals surface area (Å²) in [7, 11) is 0. The third-order valence-corrected chi connectivity index (χ3v) is 1.46. The first-order valence-electron chi connectivity index (χ1n) is 2.60. The largest absolute Gasteiger partial charge is 0.465 e. The van der Waals surface area contributed by atoms with E-state index in [1.165, 1.54) is 5.56 Å². The van der Waals surface area contributed by atoms with Gasteiger partial charge in [-0.15, -0.1) is 0 Å². The van der Waals surface area contributed by atoms with Gasteiger partial charge >= 0.3 is 6.09 Å². The second kappa shape index (κ2) is 4.81. The lowest BCUT2D eigenvalue weighted by molar-refractivity contribution is 0.205. The van der Waals surface area contributed by atoms with Crippen molar-refractivity contribution in [2.24, 2.45) is 5.73 Å². The van der Waals surface area contributed by atoms with Gasteiger partial charge in [-0.2, -0.15) is 11.3 Å². The summed E-state index contributed by atoms with van der Waals surface area (Å²) in [4.78, 5) is 8.78. The molecule has 4 heteroatoms. The van der Waals surface area contributed by atoms with Crippen molar-refractivity contribution in [1.29, 1.82) is 0 Å². The lowest BCUT2D eigenvalue weighted by Gasteiger charge is -1.65. The van der Waals surface area contributed by atoms with E-state index in [-0.39, 0.29) is 0 Å². The van der Waals surface area contributed by atoms with Crippen LogP contribution in [0.1, 0.15) is 5.56 Å². The Labute approximate surface area is 63.1 Å². The molecule has 1 aromatic rings. The SMILES string of the molecule is Cc1ccsc1.NC(=O)O. The Morgan fingerprint density at radius 1 is 1.80 bits per heavy atom. The molecule has 1 amide bonds. The van der Waals surface area contributed by atoms with Crippen LogP contribution in [0.5, 0.6) is 0 Å². The Hall–Kier alpha value is -1.03. The molecule has 1 aromatic heterocycles. The lowest BCUT2D eigenvalue weighted by atomic mass is 10.4. The van der Waals surface area contributed by atoms with Gasteiger partial charge in [-0.3, -0.25) is 0 Å². The normalized spacial score (nSPS) is 7.70. The maximum absolute atomic E-state index is 8.78. The standard InChI is InChI=1S/C5H6S.CH3NO2/c1-5-2-3-6-4-5;2-1(3)4/h2-4H,1H3;2H2,(H,3,4). The second-order valence-corrected chi connectivity index (χ2v) is 2.42. The predicted octanol–water partition coefficient (Wildman–Crippen LogP) is 1.68. The minimum absolute atomic E-state index is 1.33. The van der Waals surface area contributed by atoms with Gasteiger partial charge < -0.3 is 10.8 Å². The van der Waals surface area contributed by atoms with Crippen LogP contribution in [0.25, 0.3) is 0 Å². The van der Waals surface area contributed by atoms with Gasteiger partial charge in [-0.05, 0) is 29.3 Å². The number of amides is 1. The topological polar surface area (TPSA) is 63.3 Å². The van der Waals surface area contributed by atoms with Gasteiger partial charge in [0.25, 0.3) is 0 Å². The smallest absolute Gasteiger partial charge is 0.402 e. The van der Waals surface area contributed by atoms with E-state index in [0.717, 1.165) is 0 Å². The first kappa shape index (κ1) is 8.97. The molecule has 0 aliphatic carbocycles. The fourth-order valence-electron chi connectivity index (χ4n) is 0.333. The van der Waals surface area contributed by atoms with Gasteiger partial charge in [0.15, 0.2) is 0 Å². The molecule has 3 N–H and O–H groups in total. The predicted molar refractivity (Wildman–Crippen MR) is 41.3 cm³/mol. The van der Waals surface area contributed by atoms with Crippen LogP contribution in [-0.2, 0) is 0 Å². The molecule has 0 aromatic carbocycles. The average Bonchev–Trinajstić information content (AvgIpc) is 2.15. The molecule has 0 aliphatic heterocycles. The Balaban J connectivity index is 0.000000180. The first-order valence-corrected chi connectivity index (χ1v) is 3.54. The number of rotatable bonds is 0. The molecule has 0 bridgehead atoms. The first-order chi connectivity index (χ1) is 4.63. The fraction of sp³-hybridized carbons (Fsp3) is 0.167. The second-order valence-electron chi connectivity index (χ2n) is 1.64. The highest BCUT2D eigenvalue weighted by Gasteiger charge is 1.74. The van der Waals surface area contributed by atoms with Crippen LogP contribution >= 0.6 is 11.3 Å². The van der Waals surface area contributed by atoms with Crippen molar-refractivity contribution in [3.8, 4) is 0 Å². The summed E-state index contributed by atoms with van der Waals surface area (Å²) in [5, 5.41) is 11.4. The average molecular weight is 159 g/mol. The van der Waals surface area contributed by atoms with Crippen molar-refractivity contribution in [1.82, 2.24) is 0 Å². The zero-order valence-electron chi connectivity index (χ0n) is 5.57. The highest BCUT2D eigenvalue weighted by Crippen LogP contribution is 2.01. The molecule has 1 heterocycles. The molecule has 3 nitrogen and oxygen atoms in total. The van der Waals surface area contributed by atoms with Crippen LogP contribution in [-0.4, -0.2) is 11.2 Å². The van der Waals surface area contributed by atoms with Crippen LogP contribution in [0.3, 0.4) is 0 Å². The molecule has 0 saturated carbocycles. The lowest BCUT2D eigenvalue weighted by Crippen LogP contribution is -2.03. The van der Waals surface area contributed by atoms with Crippen LogP contribution in [0.15, 0.2) is 16.8 Å². The van der Waals surface area contributed by atoms with Gasteiger partial charge in [0, 0.05) is 0 Å². The van der Waals surface area contributed by atoms with E-state index in [1.54, 1.807) is 11.3 Å². The molecular weight excluding hydrogens is 150 g/mol. The van der Waals surface area contributed by atoms with Crippen LogP contribution in [0.4, 0.5) is 4.79 Å².